The van der Waals surface area contributed by atoms with Crippen LogP contribution in [0.3, 0.4) is 0 Å². The zero-order chi connectivity index (χ0) is 6.57. The lowest BCUT2D eigenvalue weighted by molar-refractivity contribution is 0.326. The van der Waals surface area contributed by atoms with Crippen LogP contribution in [0.15, 0.2) is 11.4 Å². The Morgan fingerprint density at radius 3 is 2.00 bits per heavy atom. The lowest BCUT2D eigenvalue weighted by Gasteiger charge is -1.99. The highest BCUT2D eigenvalue weighted by molar-refractivity contribution is 5.06. The smallest absolute Gasteiger partial charge is 0.0948 e. The molecule has 3 heteroatoms. The Balaban J connectivity index is 3.86. The molecule has 0 aliphatic rings. The van der Waals surface area contributed by atoms with Gasteiger partial charge in [-0.15, -0.1) is 0 Å². The lowest BCUT2D eigenvalue weighted by atomic mass is 10.2. The van der Waals surface area contributed by atoms with Crippen LogP contribution in [0, 0.1) is 0 Å². The Morgan fingerprint density at radius 2 is 2.00 bits per heavy atom. The van der Waals surface area contributed by atoms with E-state index < -0.39 is 0 Å². The molecule has 0 heterocycles. The molecule has 0 aliphatic heterocycles. The normalized spacial score (nSPS) is 8.75. The quantitative estimate of drug-likeness (QED) is 0.456. The van der Waals surface area contributed by atoms with E-state index >= 15 is 0 Å². The zero-order valence-corrected chi connectivity index (χ0v) is 5.02. The maximum absolute atomic E-state index is 8.48. The number of rotatable bonds is 2. The van der Waals surface area contributed by atoms with Crippen molar-refractivity contribution in [1.82, 2.24) is 0 Å². The van der Waals surface area contributed by atoms with Crippen molar-refractivity contribution in [1.29, 1.82) is 0 Å². The van der Waals surface area contributed by atoms with Crippen LogP contribution in [-0.4, -0.2) is 11.7 Å². The van der Waals surface area contributed by atoms with Crippen molar-refractivity contribution >= 4 is 0 Å². The Kier molecular flexibility index (Phi) is 3.03. The van der Waals surface area contributed by atoms with Gasteiger partial charge in [-0.2, -0.15) is 0 Å². The number of hydrogen-bond donors (Lipinski definition) is 3. The van der Waals surface area contributed by atoms with Crippen molar-refractivity contribution < 1.29 is 5.11 Å². The van der Waals surface area contributed by atoms with Gasteiger partial charge in [-0.25, -0.2) is 0 Å². The third-order valence-corrected chi connectivity index (χ3v) is 1.03. The van der Waals surface area contributed by atoms with E-state index in [2.05, 4.69) is 0 Å². The van der Waals surface area contributed by atoms with E-state index in [1.807, 2.05) is 6.92 Å². The summed E-state index contributed by atoms with van der Waals surface area (Å²) in [6, 6.07) is 0. The summed E-state index contributed by atoms with van der Waals surface area (Å²) in [5.41, 5.74) is 11.0. The van der Waals surface area contributed by atoms with Gasteiger partial charge in [-0.3, -0.25) is 0 Å². The summed E-state index contributed by atoms with van der Waals surface area (Å²) in [7, 11) is 0. The first-order valence-corrected chi connectivity index (χ1v) is 2.56. The molecule has 0 fully saturated rings. The molecule has 0 aromatic rings. The Bertz CT molecular complexity index is 88.6. The molecule has 0 radical (unpaired) electrons. The second-order valence-corrected chi connectivity index (χ2v) is 1.57. The fraction of sp³-hybridized carbons (Fsp3) is 0.600. The molecule has 0 rings (SSSR count). The van der Waals surface area contributed by atoms with Crippen LogP contribution in [0.1, 0.15) is 13.3 Å². The summed E-state index contributed by atoms with van der Waals surface area (Å²) in [6.07, 6.45) is 0.721. The molecule has 3 nitrogen and oxygen atoms in total. The van der Waals surface area contributed by atoms with E-state index in [0.29, 0.717) is 5.57 Å². The first-order valence-electron chi connectivity index (χ1n) is 2.56. The summed E-state index contributed by atoms with van der Waals surface area (Å²) in [4.78, 5) is 0. The SMILES string of the molecule is CCC(CO)=C(N)N. The standard InChI is InChI=1S/C5H12N2O/c1-2-4(3-8)5(6)7/h8H,2-3,6-7H2,1H3. The molecule has 0 aromatic heterocycles. The second kappa shape index (κ2) is 3.32. The van der Waals surface area contributed by atoms with Gasteiger partial charge in [0.1, 0.15) is 0 Å². The maximum atomic E-state index is 8.48. The molecule has 0 saturated carbocycles. The van der Waals surface area contributed by atoms with Gasteiger partial charge in [-0.05, 0) is 12.0 Å². The van der Waals surface area contributed by atoms with Gasteiger partial charge < -0.3 is 16.6 Å². The van der Waals surface area contributed by atoms with Gasteiger partial charge in [0.05, 0.1) is 12.4 Å². The first-order chi connectivity index (χ1) is 3.72. The van der Waals surface area contributed by atoms with Crippen molar-refractivity contribution in [3.05, 3.63) is 11.4 Å². The minimum Gasteiger partial charge on any atom is -0.392 e. The van der Waals surface area contributed by atoms with Gasteiger partial charge in [0.2, 0.25) is 0 Å². The largest absolute Gasteiger partial charge is 0.392 e. The van der Waals surface area contributed by atoms with Crippen LogP contribution in [0.5, 0.6) is 0 Å². The van der Waals surface area contributed by atoms with E-state index in [-0.39, 0.29) is 12.4 Å². The van der Waals surface area contributed by atoms with Crippen LogP contribution >= 0.6 is 0 Å². The molecule has 0 amide bonds. The van der Waals surface area contributed by atoms with Gasteiger partial charge in [0.15, 0.2) is 0 Å². The number of nitrogens with two attached hydrogens (primary N) is 2. The zero-order valence-electron chi connectivity index (χ0n) is 5.02. The molecule has 0 bridgehead atoms. The number of aliphatic hydroxyl groups excluding tert-OH is 1. The molecule has 8 heavy (non-hydrogen) atoms. The van der Waals surface area contributed by atoms with Gasteiger partial charge in [-0.1, -0.05) is 6.92 Å². The minimum absolute atomic E-state index is 0.0289. The van der Waals surface area contributed by atoms with E-state index in [9.17, 15) is 0 Å². The van der Waals surface area contributed by atoms with Crippen LogP contribution in [0.4, 0.5) is 0 Å². The number of hydrogen-bond acceptors (Lipinski definition) is 3. The van der Waals surface area contributed by atoms with Crippen molar-refractivity contribution in [2.75, 3.05) is 6.61 Å². The molecule has 0 aromatic carbocycles. The molecule has 0 atom stereocenters. The summed E-state index contributed by atoms with van der Waals surface area (Å²) >= 11 is 0. The molecular formula is C5H12N2O. The third-order valence-electron chi connectivity index (χ3n) is 1.03. The molecule has 5 N–H and O–H groups in total. The van der Waals surface area contributed by atoms with Crippen LogP contribution in [0.25, 0.3) is 0 Å². The molecule has 48 valence electrons. The van der Waals surface area contributed by atoms with E-state index in [1.165, 1.54) is 0 Å². The maximum Gasteiger partial charge on any atom is 0.0948 e. The molecule has 0 unspecified atom stereocenters. The molecule has 0 saturated heterocycles. The van der Waals surface area contributed by atoms with Gasteiger partial charge in [0, 0.05) is 0 Å². The van der Waals surface area contributed by atoms with Crippen LogP contribution in [-0.2, 0) is 0 Å². The minimum atomic E-state index is -0.0289. The topological polar surface area (TPSA) is 72.3 Å². The second-order valence-electron chi connectivity index (χ2n) is 1.57. The Hall–Kier alpha value is -0.700. The van der Waals surface area contributed by atoms with Crippen LogP contribution < -0.4 is 11.5 Å². The summed E-state index contributed by atoms with van der Waals surface area (Å²) in [6.45, 7) is 1.87. The number of aliphatic hydroxyl groups is 1. The van der Waals surface area contributed by atoms with Gasteiger partial charge >= 0.3 is 0 Å². The Labute approximate surface area is 49.0 Å². The van der Waals surface area contributed by atoms with Crippen LogP contribution in [0.2, 0.25) is 0 Å². The predicted octanol–water partition coefficient (Wildman–Crippen LogP) is -0.482. The van der Waals surface area contributed by atoms with Crippen molar-refractivity contribution in [3.63, 3.8) is 0 Å². The highest BCUT2D eigenvalue weighted by Crippen LogP contribution is 1.97. The van der Waals surface area contributed by atoms with Gasteiger partial charge in [0.25, 0.3) is 0 Å². The Morgan fingerprint density at radius 1 is 1.50 bits per heavy atom. The summed E-state index contributed by atoms with van der Waals surface area (Å²) in [5.74, 6) is 0.245. The van der Waals surface area contributed by atoms with Crippen molar-refractivity contribution in [2.45, 2.75) is 13.3 Å². The van der Waals surface area contributed by atoms with E-state index in [4.69, 9.17) is 16.6 Å². The lowest BCUT2D eigenvalue weighted by Crippen LogP contribution is -2.13. The molecular weight excluding hydrogens is 104 g/mol. The first kappa shape index (κ1) is 7.30. The molecule has 0 spiro atoms. The predicted molar refractivity (Wildman–Crippen MR) is 32.8 cm³/mol. The van der Waals surface area contributed by atoms with Crippen molar-refractivity contribution in [3.8, 4) is 0 Å². The highest BCUT2D eigenvalue weighted by atomic mass is 16.3. The van der Waals surface area contributed by atoms with E-state index in [0.717, 1.165) is 6.42 Å². The average Bonchev–Trinajstić information content (AvgIpc) is 1.69. The summed E-state index contributed by atoms with van der Waals surface area (Å²) in [5, 5.41) is 8.48. The average molecular weight is 116 g/mol. The summed E-state index contributed by atoms with van der Waals surface area (Å²) < 4.78 is 0. The van der Waals surface area contributed by atoms with E-state index in [1.54, 1.807) is 0 Å². The fourth-order valence-electron chi connectivity index (χ4n) is 0.407. The van der Waals surface area contributed by atoms with Crippen molar-refractivity contribution in [2.24, 2.45) is 11.5 Å². The molecule has 0 aliphatic carbocycles. The highest BCUT2D eigenvalue weighted by Gasteiger charge is 1.92. The third kappa shape index (κ3) is 1.84. The fourth-order valence-corrected chi connectivity index (χ4v) is 0.407. The monoisotopic (exact) mass is 116 g/mol.